The maximum Gasteiger partial charge on any atom is 0.245 e. The van der Waals surface area contributed by atoms with Crippen molar-refractivity contribution in [3.05, 3.63) is 144 Å². The number of aldehydes is 1. The largest absolute Gasteiger partial charge is 0.394 e. The van der Waals surface area contributed by atoms with Crippen molar-refractivity contribution in [3.63, 3.8) is 0 Å². The lowest BCUT2D eigenvalue weighted by Crippen LogP contribution is -2.63. The second-order valence-corrected chi connectivity index (χ2v) is 34.7. The molecule has 5 rings (SSSR count). The number of para-hydroxylation sites is 1. The first-order chi connectivity index (χ1) is 67.4. The van der Waals surface area contributed by atoms with Gasteiger partial charge in [0.05, 0.1) is 43.9 Å². The number of carbonyl (C=O) groups is 18. The second-order valence-electron chi connectivity index (χ2n) is 33.6. The summed E-state index contributed by atoms with van der Waals surface area (Å²) in [5.74, 6) is -17.8. The molecule has 0 saturated carbocycles. The Morgan fingerprint density at radius 2 is 0.759 bits per heavy atom. The molecule has 8 unspecified atom stereocenters. The molecular formula is C92H137N25O21S3. The molecule has 0 radical (unpaired) electrons. The van der Waals surface area contributed by atoms with Gasteiger partial charge >= 0.3 is 0 Å². The highest BCUT2D eigenvalue weighted by atomic mass is 32.1. The lowest BCUT2D eigenvalue weighted by atomic mass is 10.00. The van der Waals surface area contributed by atoms with Gasteiger partial charge < -0.3 is 139 Å². The first kappa shape index (κ1) is 119. The molecule has 1 aromatic heterocycles. The van der Waals surface area contributed by atoms with E-state index in [1.54, 1.807) is 121 Å². The Hall–Kier alpha value is -12.6. The van der Waals surface area contributed by atoms with Crippen LogP contribution in [0.1, 0.15) is 120 Å². The van der Waals surface area contributed by atoms with Crippen molar-refractivity contribution in [3.8, 4) is 0 Å². The third-order valence-corrected chi connectivity index (χ3v) is 23.5. The number of aliphatic hydroxyl groups is 3. The van der Waals surface area contributed by atoms with Crippen molar-refractivity contribution in [1.29, 1.82) is 5.41 Å². The summed E-state index contributed by atoms with van der Waals surface area (Å²) in [6, 6.07) is 7.15. The summed E-state index contributed by atoms with van der Waals surface area (Å²) in [5, 5.41) is 81.3. The number of hydrazine groups is 1. The van der Waals surface area contributed by atoms with Gasteiger partial charge in [-0.05, 0) is 146 Å². The molecule has 5 aromatic rings. The van der Waals surface area contributed by atoms with Gasteiger partial charge in [-0.3, -0.25) is 86.9 Å². The number of unbranched alkanes of at least 4 members (excludes halogenated alkanes) is 3. The standard InChI is InChI=1S/C92H137N25O21S3/c1-51(78(125)102-45-73(122)77(124)71(49-140)99-4)103-79(126)61(31-16-19-35-93)105-82(129)64(34-22-38-100-92(97)98)116-117-72(50-141)89(136)107-62(32-17-20-36-94)80(127)111-69(43-74(96)123)86(133)109-65(39-54-23-8-5-9-24-54)83(130)108-66(40-55-25-10-6-11-26-55)84(131)110-68(42-57-44-101-60-30-15-14-29-59(57)60)85(132)106-63(33-18-21-37-95)81(128)114-75(52(2)120)90(137)112-67(41-56-27-12-7-13-28-56)87(134)115-76(53(3)121)91(138)113-70(47-119)88(135)104-58(46-118)48-139/h5-15,23-30,44,46,51-53,58,61-72,75-76,99,101,116-117,119-121,139-141H,16-22,31-43,45,47-50,93-95H2,1-4H3,(H2,96,123)(H,102,125)(H,103,126)(H,104,135)(H,105,129)(H,106,132)(H,107,136)(H,108,130)(H,109,133)(H,110,131)(H,111,127)(H,112,137)(H,113,138)(H,114,128)(H,115,134)(H4,97,98,100)/t51?,52-,53-,58-,61+,62+,63?,64?,65+,66?,67?,68+,69?,70?,71+,72?,75+,76+/m1/s1. The minimum Gasteiger partial charge on any atom is -0.394 e. The molecule has 0 fully saturated rings. The van der Waals surface area contributed by atoms with Gasteiger partial charge in [0.25, 0.3) is 0 Å². The van der Waals surface area contributed by atoms with Crippen LogP contribution in [-0.4, -0.2) is 305 Å². The molecule has 0 aliphatic rings. The predicted molar refractivity (Wildman–Crippen MR) is 533 cm³/mol. The van der Waals surface area contributed by atoms with Crippen molar-refractivity contribution in [2.45, 2.75) is 232 Å². The number of aromatic amines is 1. The molecule has 49 heteroatoms. The highest BCUT2D eigenvalue weighted by molar-refractivity contribution is 7.80. The number of Topliss-reactive ketones (excluding diaryl/α,β-unsaturated/α-hetero) is 2. The number of amides is 15. The number of fused-ring (bicyclic) bond motifs is 1. The highest BCUT2D eigenvalue weighted by Crippen LogP contribution is 2.21. The third kappa shape index (κ3) is 41.6. The van der Waals surface area contributed by atoms with Crippen LogP contribution in [0.4, 0.5) is 0 Å². The van der Waals surface area contributed by atoms with Gasteiger partial charge in [0.1, 0.15) is 90.9 Å². The SMILES string of the molecule is CN[C@@H](CS)C(=O)C(=O)CNC(=O)C(C)NC(=O)[C@H](CCCCN)NC(=O)C(CCCNC(=N)N)NNC(CS)C(=O)N[C@@H](CCCCN)C(=O)NC(CC(N)=O)C(=O)N[C@@H](Cc1ccccc1)C(=O)NC(Cc1ccccc1)C(=O)N[C@@H](Cc1c[nH]c2ccccc12)C(=O)NC(CCCCN)C(=O)N[C@H](C(=O)NC(Cc1ccccc1)C(=O)N[C@H](C(=O)NC(CO)C(=O)N[C@H](C=O)CS)[C@@H](C)O)[C@@H](C)O. The smallest absolute Gasteiger partial charge is 0.245 e. The summed E-state index contributed by atoms with van der Waals surface area (Å²) in [6.45, 7) is 2.44. The van der Waals surface area contributed by atoms with E-state index in [1.807, 2.05) is 0 Å². The Bertz CT molecular complexity index is 4940. The Labute approximate surface area is 833 Å². The van der Waals surface area contributed by atoms with Crippen molar-refractivity contribution >= 4 is 161 Å². The molecular weight excluding hydrogens is 1890 g/mol. The molecule has 0 bridgehead atoms. The number of hydrogen-bond donors (Lipinski definition) is 31. The van der Waals surface area contributed by atoms with Gasteiger partial charge in [0.15, 0.2) is 5.96 Å². The lowest BCUT2D eigenvalue weighted by molar-refractivity contribution is -0.138. The molecule has 0 saturated heterocycles. The summed E-state index contributed by atoms with van der Waals surface area (Å²) < 4.78 is 0. The number of likely N-dealkylation sites (N-methyl/N-ethyl adjacent to an activating group) is 1. The number of hydrogen-bond acceptors (Lipinski definition) is 31. The summed E-state index contributed by atoms with van der Waals surface area (Å²) >= 11 is 12.5. The lowest BCUT2D eigenvalue weighted by Gasteiger charge is -2.29. The molecule has 18 atom stereocenters. The van der Waals surface area contributed by atoms with Crippen LogP contribution < -0.4 is 125 Å². The van der Waals surface area contributed by atoms with Gasteiger partial charge in [-0.25, -0.2) is 10.9 Å². The maximum absolute atomic E-state index is 15.6. The number of nitrogens with two attached hydrogens (primary N) is 5. The van der Waals surface area contributed by atoms with Crippen LogP contribution in [0.15, 0.2) is 121 Å². The minimum atomic E-state index is -1.92. The van der Waals surface area contributed by atoms with Crippen LogP contribution in [0.25, 0.3) is 10.9 Å². The Kier molecular flexibility index (Phi) is 54.0. The van der Waals surface area contributed by atoms with E-state index in [1.165, 1.54) is 14.0 Å². The highest BCUT2D eigenvalue weighted by Gasteiger charge is 2.41. The number of thiol groups is 3. The molecule has 0 aliphatic carbocycles. The van der Waals surface area contributed by atoms with Crippen LogP contribution in [0.3, 0.4) is 0 Å². The zero-order valence-corrected chi connectivity index (χ0v) is 81.8. The van der Waals surface area contributed by atoms with Gasteiger partial charge in [0.2, 0.25) is 100 Å². The maximum atomic E-state index is 15.6. The number of nitrogens with one attached hydrogen (secondary N) is 20. The summed E-state index contributed by atoms with van der Waals surface area (Å²) in [5.41, 5.74) is 36.9. The number of ketones is 2. The van der Waals surface area contributed by atoms with E-state index in [2.05, 4.69) is 139 Å². The minimum absolute atomic E-state index is 0.00274. The summed E-state index contributed by atoms with van der Waals surface area (Å²) in [7, 11) is 1.46. The normalized spacial score (nSPS) is 15.0. The number of guanidine groups is 1. The summed E-state index contributed by atoms with van der Waals surface area (Å²) in [6.07, 6.45) is -2.15. The summed E-state index contributed by atoms with van der Waals surface area (Å²) in [4.78, 5) is 256. The quantitative estimate of drug-likeness (QED) is 0.00327. The van der Waals surface area contributed by atoms with Crippen molar-refractivity contribution < 1.29 is 102 Å². The molecule has 1 heterocycles. The van der Waals surface area contributed by atoms with Crippen molar-refractivity contribution in [2.24, 2.45) is 28.7 Å². The monoisotopic (exact) mass is 2020 g/mol. The molecule has 0 spiro atoms. The molecule has 774 valence electrons. The fraction of sp³-hybridized carbons (Fsp3) is 0.511. The number of rotatable bonds is 68. The number of carbonyl (C=O) groups excluding carboxylic acids is 18. The number of aromatic nitrogens is 1. The van der Waals surface area contributed by atoms with Crippen molar-refractivity contribution in [2.75, 3.05) is 63.6 Å². The van der Waals surface area contributed by atoms with Gasteiger partial charge in [-0.1, -0.05) is 109 Å². The van der Waals surface area contributed by atoms with E-state index in [9.17, 15) is 82.4 Å². The number of aliphatic hydroxyl groups excluding tert-OH is 3. The van der Waals surface area contributed by atoms with Crippen LogP contribution in [0, 0.1) is 5.41 Å². The molecule has 15 amide bonds. The van der Waals surface area contributed by atoms with E-state index >= 15 is 19.2 Å². The zero-order chi connectivity index (χ0) is 104. The Morgan fingerprint density at radius 1 is 0.397 bits per heavy atom. The average Bonchev–Trinajstić information content (AvgIpc) is 1.70. The number of H-pyrrole nitrogens is 1. The molecule has 4 aromatic carbocycles. The van der Waals surface area contributed by atoms with Crippen LogP contribution in [0.5, 0.6) is 0 Å². The van der Waals surface area contributed by atoms with Crippen molar-refractivity contribution in [1.82, 2.24) is 101 Å². The Morgan fingerprint density at radius 3 is 1.18 bits per heavy atom. The second kappa shape index (κ2) is 64.0. The van der Waals surface area contributed by atoms with Gasteiger partial charge in [0, 0.05) is 66.6 Å². The predicted octanol–water partition coefficient (Wildman–Crippen LogP) is -7.30. The topological polar surface area (TPSA) is 754 Å². The van der Waals surface area contributed by atoms with Crippen LogP contribution in [0.2, 0.25) is 0 Å². The van der Waals surface area contributed by atoms with Crippen LogP contribution >= 0.6 is 37.9 Å². The average molecular weight is 2030 g/mol. The van der Waals surface area contributed by atoms with Crippen LogP contribution in [-0.2, 0) is 112 Å². The number of benzene rings is 4. The van der Waals surface area contributed by atoms with E-state index in [-0.39, 0.29) is 126 Å². The first-order valence-electron chi connectivity index (χ1n) is 46.2. The zero-order valence-electron chi connectivity index (χ0n) is 79.1. The molecule has 33 N–H and O–H groups in total. The number of primary amides is 1. The molecule has 46 nitrogen and oxygen atoms in total. The third-order valence-electron chi connectivity index (χ3n) is 22.4. The first-order valence-corrected chi connectivity index (χ1v) is 48.1. The Balaban J connectivity index is 1.45. The van der Waals surface area contributed by atoms with E-state index in [4.69, 9.17) is 34.1 Å². The fourth-order valence-electron chi connectivity index (χ4n) is 14.4. The molecule has 0 aliphatic heterocycles. The van der Waals surface area contributed by atoms with Gasteiger partial charge in [-0.15, -0.1) is 0 Å². The van der Waals surface area contributed by atoms with E-state index in [0.717, 1.165) is 13.8 Å². The fourth-order valence-corrected chi connectivity index (χ4v) is 15.2. The molecule has 141 heavy (non-hydrogen) atoms. The van der Waals surface area contributed by atoms with E-state index in [0.29, 0.717) is 58.7 Å². The van der Waals surface area contributed by atoms with E-state index < -0.39 is 229 Å². The van der Waals surface area contributed by atoms with Gasteiger partial charge in [-0.2, -0.15) is 37.9 Å².